The molecule has 7 nitrogen and oxygen atoms in total. The second-order valence-electron chi connectivity index (χ2n) is 4.38. The SMILES string of the molecule is COc1cc(C(=O)OC(CS(=O)(=O)O)C(F)(F)F)cc(OC)c1Br. The highest BCUT2D eigenvalue weighted by Crippen LogP contribution is 2.36. The minimum atomic E-state index is -5.19. The van der Waals surface area contributed by atoms with Crippen molar-refractivity contribution in [2.24, 2.45) is 0 Å². The average molecular weight is 437 g/mol. The molecule has 0 bridgehead atoms. The van der Waals surface area contributed by atoms with Gasteiger partial charge in [0.25, 0.3) is 10.1 Å². The Morgan fingerprint density at radius 2 is 1.71 bits per heavy atom. The number of hydrogen-bond donors (Lipinski definition) is 1. The van der Waals surface area contributed by atoms with E-state index in [2.05, 4.69) is 20.7 Å². The van der Waals surface area contributed by atoms with Gasteiger partial charge in [0, 0.05) is 0 Å². The number of esters is 1. The molecular weight excluding hydrogens is 425 g/mol. The summed E-state index contributed by atoms with van der Waals surface area (Å²) in [6.07, 6.45) is -8.21. The summed E-state index contributed by atoms with van der Waals surface area (Å²) in [5.74, 6) is -3.11. The molecule has 0 aliphatic heterocycles. The molecule has 12 heteroatoms. The number of carbonyl (C=O) groups excluding carboxylic acids is 1. The van der Waals surface area contributed by atoms with E-state index in [0.717, 1.165) is 12.1 Å². The topological polar surface area (TPSA) is 99.1 Å². The van der Waals surface area contributed by atoms with E-state index in [4.69, 9.17) is 14.0 Å². The lowest BCUT2D eigenvalue weighted by atomic mass is 10.2. The van der Waals surface area contributed by atoms with Crippen molar-refractivity contribution in [3.8, 4) is 11.5 Å². The zero-order chi connectivity index (χ0) is 18.7. The van der Waals surface area contributed by atoms with Crippen molar-refractivity contribution in [2.45, 2.75) is 12.3 Å². The Balaban J connectivity index is 3.16. The number of ether oxygens (including phenoxy) is 3. The van der Waals surface area contributed by atoms with Crippen molar-refractivity contribution >= 4 is 32.0 Å². The van der Waals surface area contributed by atoms with E-state index in [1.54, 1.807) is 0 Å². The van der Waals surface area contributed by atoms with Gasteiger partial charge in [-0.05, 0) is 28.1 Å². The second-order valence-corrected chi connectivity index (χ2v) is 6.67. The highest BCUT2D eigenvalue weighted by Gasteiger charge is 2.45. The van der Waals surface area contributed by atoms with Gasteiger partial charge in [-0.3, -0.25) is 4.55 Å². The average Bonchev–Trinajstić information content (AvgIpc) is 2.44. The molecule has 1 N–H and O–H groups in total. The van der Waals surface area contributed by atoms with Crippen molar-refractivity contribution in [2.75, 3.05) is 20.0 Å². The molecule has 0 fully saturated rings. The fourth-order valence-electron chi connectivity index (χ4n) is 1.57. The number of benzene rings is 1. The van der Waals surface area contributed by atoms with Crippen molar-refractivity contribution in [1.82, 2.24) is 0 Å². The van der Waals surface area contributed by atoms with Gasteiger partial charge in [-0.2, -0.15) is 21.6 Å². The first-order chi connectivity index (χ1) is 10.9. The summed E-state index contributed by atoms with van der Waals surface area (Å²) in [5.41, 5.74) is -0.364. The summed E-state index contributed by atoms with van der Waals surface area (Å²) in [6.45, 7) is 0. The molecule has 0 aliphatic rings. The first-order valence-electron chi connectivity index (χ1n) is 6.03. The molecule has 0 saturated carbocycles. The fourth-order valence-corrected chi connectivity index (χ4v) is 2.76. The summed E-state index contributed by atoms with van der Waals surface area (Å²) < 4.78 is 82.6. The van der Waals surface area contributed by atoms with Crippen molar-refractivity contribution in [3.05, 3.63) is 22.2 Å². The van der Waals surface area contributed by atoms with E-state index in [1.165, 1.54) is 14.2 Å². The Kier molecular flexibility index (Phi) is 6.47. The van der Waals surface area contributed by atoms with E-state index < -0.39 is 34.1 Å². The van der Waals surface area contributed by atoms with E-state index in [-0.39, 0.29) is 17.1 Å². The van der Waals surface area contributed by atoms with Gasteiger partial charge in [0.05, 0.1) is 19.8 Å². The van der Waals surface area contributed by atoms with Crippen LogP contribution >= 0.6 is 15.9 Å². The lowest BCUT2D eigenvalue weighted by Crippen LogP contribution is -2.39. The first-order valence-corrected chi connectivity index (χ1v) is 8.43. The van der Waals surface area contributed by atoms with Crippen molar-refractivity contribution < 1.29 is 45.1 Å². The lowest BCUT2D eigenvalue weighted by molar-refractivity contribution is -0.197. The third-order valence-corrected chi connectivity index (χ3v) is 4.16. The molecule has 1 aromatic carbocycles. The molecule has 1 rings (SSSR count). The largest absolute Gasteiger partial charge is 0.495 e. The van der Waals surface area contributed by atoms with Gasteiger partial charge in [0.2, 0.25) is 6.10 Å². The van der Waals surface area contributed by atoms with Crippen LogP contribution in [0.4, 0.5) is 13.2 Å². The maximum absolute atomic E-state index is 12.8. The molecule has 0 spiro atoms. The van der Waals surface area contributed by atoms with Crippen LogP contribution in [0.1, 0.15) is 10.4 Å². The van der Waals surface area contributed by atoms with Gasteiger partial charge in [-0.25, -0.2) is 4.79 Å². The summed E-state index contributed by atoms with van der Waals surface area (Å²) >= 11 is 3.11. The number of rotatable bonds is 6. The van der Waals surface area contributed by atoms with E-state index >= 15 is 0 Å². The molecule has 24 heavy (non-hydrogen) atoms. The molecule has 1 atom stereocenters. The second kappa shape index (κ2) is 7.57. The van der Waals surface area contributed by atoms with E-state index in [9.17, 15) is 26.4 Å². The van der Waals surface area contributed by atoms with Crippen LogP contribution in [0.15, 0.2) is 16.6 Å². The highest BCUT2D eigenvalue weighted by atomic mass is 79.9. The first kappa shape index (κ1) is 20.5. The fraction of sp³-hybridized carbons (Fsp3) is 0.417. The van der Waals surface area contributed by atoms with Crippen LogP contribution in [0.25, 0.3) is 0 Å². The standard InChI is InChI=1S/C12H12BrF3O7S/c1-21-7-3-6(4-8(22-2)10(7)13)11(17)23-9(12(14,15)16)5-24(18,19)20/h3-4,9H,5H2,1-2H3,(H,18,19,20). The molecule has 0 radical (unpaired) electrons. The predicted octanol–water partition coefficient (Wildman–Crippen LogP) is 2.44. The molecule has 1 aromatic rings. The molecular formula is C12H12BrF3O7S. The number of alkyl halides is 3. The predicted molar refractivity (Wildman–Crippen MR) is 78.9 cm³/mol. The van der Waals surface area contributed by atoms with Gasteiger partial charge in [-0.1, -0.05) is 0 Å². The van der Waals surface area contributed by atoms with Crippen LogP contribution < -0.4 is 9.47 Å². The van der Waals surface area contributed by atoms with Crippen LogP contribution in [0.2, 0.25) is 0 Å². The summed E-state index contributed by atoms with van der Waals surface area (Å²) in [4.78, 5) is 11.9. The van der Waals surface area contributed by atoms with Crippen LogP contribution in [0, 0.1) is 0 Å². The number of methoxy groups -OCH3 is 2. The molecule has 0 aromatic heterocycles. The van der Waals surface area contributed by atoms with Gasteiger partial charge in [0.15, 0.2) is 0 Å². The monoisotopic (exact) mass is 436 g/mol. The molecule has 0 heterocycles. The maximum Gasteiger partial charge on any atom is 0.426 e. The normalized spacial score (nSPS) is 13.3. The van der Waals surface area contributed by atoms with Crippen molar-refractivity contribution in [1.29, 1.82) is 0 Å². The molecule has 136 valence electrons. The highest BCUT2D eigenvalue weighted by molar-refractivity contribution is 9.10. The Morgan fingerprint density at radius 3 is 2.04 bits per heavy atom. The molecule has 0 amide bonds. The summed E-state index contributed by atoms with van der Waals surface area (Å²) in [7, 11) is -2.51. The summed E-state index contributed by atoms with van der Waals surface area (Å²) in [6, 6.07) is 2.16. The molecule has 0 saturated heterocycles. The van der Waals surface area contributed by atoms with Crippen LogP contribution in [-0.4, -0.2) is 51.2 Å². The van der Waals surface area contributed by atoms with Gasteiger partial charge in [0.1, 0.15) is 21.7 Å². The lowest BCUT2D eigenvalue weighted by Gasteiger charge is -2.20. The van der Waals surface area contributed by atoms with Crippen LogP contribution in [-0.2, 0) is 14.9 Å². The zero-order valence-corrected chi connectivity index (χ0v) is 14.7. The third-order valence-electron chi connectivity index (χ3n) is 2.66. The molecule has 0 aliphatic carbocycles. The number of halogens is 4. The van der Waals surface area contributed by atoms with E-state index in [0.29, 0.717) is 4.47 Å². The van der Waals surface area contributed by atoms with Crippen molar-refractivity contribution in [3.63, 3.8) is 0 Å². The molecule has 1 unspecified atom stereocenters. The number of hydrogen-bond acceptors (Lipinski definition) is 6. The Labute approximate surface area is 143 Å². The van der Waals surface area contributed by atoms with Gasteiger partial charge in [-0.15, -0.1) is 0 Å². The van der Waals surface area contributed by atoms with E-state index in [1.807, 2.05) is 0 Å². The summed E-state index contributed by atoms with van der Waals surface area (Å²) in [5, 5.41) is 0. The quantitative estimate of drug-likeness (QED) is 0.539. The Bertz CT molecular complexity index is 693. The Morgan fingerprint density at radius 1 is 1.25 bits per heavy atom. The van der Waals surface area contributed by atoms with Gasteiger partial charge >= 0.3 is 12.1 Å². The minimum Gasteiger partial charge on any atom is -0.495 e. The van der Waals surface area contributed by atoms with Crippen LogP contribution in [0.5, 0.6) is 11.5 Å². The zero-order valence-electron chi connectivity index (χ0n) is 12.3. The Hall–Kier alpha value is -1.53. The maximum atomic E-state index is 12.8. The van der Waals surface area contributed by atoms with Gasteiger partial charge < -0.3 is 14.2 Å². The third kappa shape index (κ3) is 5.53. The minimum absolute atomic E-state index is 0.0830. The van der Waals surface area contributed by atoms with Crippen LogP contribution in [0.3, 0.4) is 0 Å². The smallest absolute Gasteiger partial charge is 0.426 e. The number of carbonyl (C=O) groups is 1.